The SMILES string of the molecule is C/C=C1\C(=O)N(Cc2ccc(OC)cc2)C(C(=O)NC2CCCCC2)c2c1ccn2C. The van der Waals surface area contributed by atoms with Gasteiger partial charge in [-0.15, -0.1) is 0 Å². The normalized spacial score (nSPS) is 20.6. The van der Waals surface area contributed by atoms with E-state index in [1.807, 2.05) is 61.1 Å². The smallest absolute Gasteiger partial charge is 0.255 e. The fraction of sp³-hybridized carbons (Fsp3) is 0.440. The highest BCUT2D eigenvalue weighted by Gasteiger charge is 2.42. The van der Waals surface area contributed by atoms with Gasteiger partial charge in [0.15, 0.2) is 6.04 Å². The first-order valence-corrected chi connectivity index (χ1v) is 11.1. The summed E-state index contributed by atoms with van der Waals surface area (Å²) < 4.78 is 7.22. The summed E-state index contributed by atoms with van der Waals surface area (Å²) in [5, 5.41) is 3.25. The van der Waals surface area contributed by atoms with Crippen molar-refractivity contribution in [1.82, 2.24) is 14.8 Å². The molecular formula is C25H31N3O3. The number of nitrogens with zero attached hydrogens (tertiary/aromatic N) is 2. The Hall–Kier alpha value is -3.02. The van der Waals surface area contributed by atoms with Gasteiger partial charge in [-0.2, -0.15) is 0 Å². The van der Waals surface area contributed by atoms with Crippen molar-refractivity contribution in [2.45, 2.75) is 57.7 Å². The van der Waals surface area contributed by atoms with E-state index in [0.717, 1.165) is 48.3 Å². The molecule has 164 valence electrons. The van der Waals surface area contributed by atoms with Gasteiger partial charge in [0, 0.05) is 37.0 Å². The zero-order valence-corrected chi connectivity index (χ0v) is 18.6. The Morgan fingerprint density at radius 3 is 2.52 bits per heavy atom. The third kappa shape index (κ3) is 4.11. The lowest BCUT2D eigenvalue weighted by atomic mass is 9.91. The van der Waals surface area contributed by atoms with Crippen molar-refractivity contribution in [2.75, 3.05) is 7.11 Å². The van der Waals surface area contributed by atoms with Crippen LogP contribution in [0.3, 0.4) is 0 Å². The van der Waals surface area contributed by atoms with Crippen molar-refractivity contribution in [3.8, 4) is 5.75 Å². The molecule has 1 fully saturated rings. The summed E-state index contributed by atoms with van der Waals surface area (Å²) >= 11 is 0. The van der Waals surface area contributed by atoms with E-state index in [4.69, 9.17) is 4.74 Å². The minimum absolute atomic E-state index is 0.0908. The van der Waals surface area contributed by atoms with E-state index < -0.39 is 6.04 Å². The number of methoxy groups -OCH3 is 1. The molecule has 0 spiro atoms. The molecule has 4 rings (SSSR count). The maximum absolute atomic E-state index is 13.6. The third-order valence-corrected chi connectivity index (χ3v) is 6.47. The molecule has 31 heavy (non-hydrogen) atoms. The summed E-state index contributed by atoms with van der Waals surface area (Å²) in [6.45, 7) is 2.23. The zero-order valence-electron chi connectivity index (χ0n) is 18.6. The molecule has 2 aromatic rings. The number of fused-ring (bicyclic) bond motifs is 1. The standard InChI is InChI=1S/C25H31N3O3/c1-4-20-21-14-15-27(2)22(21)23(24(29)26-18-8-6-5-7-9-18)28(25(20)30)16-17-10-12-19(31-3)13-11-17/h4,10-15,18,23H,5-9,16H2,1-3H3,(H,26,29)/b20-4-. The molecule has 1 unspecified atom stereocenters. The summed E-state index contributed by atoms with van der Waals surface area (Å²) in [6, 6.07) is 9.11. The number of benzene rings is 1. The molecule has 1 saturated carbocycles. The molecule has 1 N–H and O–H groups in total. The number of nitrogens with one attached hydrogen (secondary N) is 1. The second-order valence-electron chi connectivity index (χ2n) is 8.46. The number of aromatic nitrogens is 1. The predicted molar refractivity (Wildman–Crippen MR) is 120 cm³/mol. The molecule has 1 aliphatic heterocycles. The number of allylic oxidation sites excluding steroid dienone is 1. The van der Waals surface area contributed by atoms with E-state index in [-0.39, 0.29) is 17.9 Å². The van der Waals surface area contributed by atoms with Crippen LogP contribution in [-0.2, 0) is 23.2 Å². The van der Waals surface area contributed by atoms with E-state index >= 15 is 0 Å². The number of amides is 2. The maximum atomic E-state index is 13.6. The highest BCUT2D eigenvalue weighted by molar-refractivity contribution is 6.22. The van der Waals surface area contributed by atoms with Gasteiger partial charge in [-0.3, -0.25) is 9.59 Å². The number of ether oxygens (including phenoxy) is 1. The van der Waals surface area contributed by atoms with E-state index in [9.17, 15) is 9.59 Å². The van der Waals surface area contributed by atoms with Gasteiger partial charge >= 0.3 is 0 Å². The molecule has 6 nitrogen and oxygen atoms in total. The Balaban J connectivity index is 1.70. The molecule has 0 saturated heterocycles. The van der Waals surface area contributed by atoms with Crippen LogP contribution in [0.1, 0.15) is 61.9 Å². The lowest BCUT2D eigenvalue weighted by molar-refractivity contribution is -0.138. The van der Waals surface area contributed by atoms with E-state index in [2.05, 4.69) is 5.32 Å². The molecule has 0 radical (unpaired) electrons. The first-order chi connectivity index (χ1) is 15.0. The van der Waals surface area contributed by atoms with Crippen LogP contribution in [0, 0.1) is 0 Å². The van der Waals surface area contributed by atoms with Crippen molar-refractivity contribution >= 4 is 17.4 Å². The van der Waals surface area contributed by atoms with Gasteiger partial charge in [-0.1, -0.05) is 37.5 Å². The lowest BCUT2D eigenvalue weighted by Crippen LogP contribution is -2.49. The minimum Gasteiger partial charge on any atom is -0.497 e. The van der Waals surface area contributed by atoms with Gasteiger partial charge < -0.3 is 19.5 Å². The highest BCUT2D eigenvalue weighted by atomic mass is 16.5. The van der Waals surface area contributed by atoms with Crippen LogP contribution in [0.2, 0.25) is 0 Å². The summed E-state index contributed by atoms with van der Waals surface area (Å²) in [4.78, 5) is 28.8. The Bertz CT molecular complexity index is 984. The molecule has 1 aromatic heterocycles. The summed E-state index contributed by atoms with van der Waals surface area (Å²) in [5.41, 5.74) is 3.32. The quantitative estimate of drug-likeness (QED) is 0.743. The number of carbonyl (C=O) groups excluding carboxylic acids is 2. The Labute approximate surface area is 183 Å². The van der Waals surface area contributed by atoms with E-state index in [0.29, 0.717) is 12.1 Å². The van der Waals surface area contributed by atoms with Gasteiger partial charge in [0.2, 0.25) is 5.91 Å². The molecule has 2 aliphatic rings. The first-order valence-electron chi connectivity index (χ1n) is 11.1. The molecule has 0 bridgehead atoms. The summed E-state index contributed by atoms with van der Waals surface area (Å²) in [6.07, 6.45) is 9.29. The van der Waals surface area contributed by atoms with Crippen LogP contribution in [0.25, 0.3) is 5.57 Å². The molecule has 6 heteroatoms. The fourth-order valence-electron chi connectivity index (χ4n) is 4.81. The number of hydrogen-bond acceptors (Lipinski definition) is 3. The van der Waals surface area contributed by atoms with Crippen LogP contribution in [0.5, 0.6) is 5.75 Å². The molecular weight excluding hydrogens is 390 g/mol. The van der Waals surface area contributed by atoms with Gasteiger partial charge in [0.05, 0.1) is 12.8 Å². The minimum atomic E-state index is -0.657. The topological polar surface area (TPSA) is 63.6 Å². The zero-order chi connectivity index (χ0) is 22.0. The monoisotopic (exact) mass is 421 g/mol. The van der Waals surface area contributed by atoms with Gasteiger partial charge in [0.1, 0.15) is 5.75 Å². The summed E-state index contributed by atoms with van der Waals surface area (Å²) in [7, 11) is 3.57. The van der Waals surface area contributed by atoms with E-state index in [1.54, 1.807) is 12.0 Å². The highest BCUT2D eigenvalue weighted by Crippen LogP contribution is 2.38. The first kappa shape index (κ1) is 21.2. The average Bonchev–Trinajstić information content (AvgIpc) is 3.16. The molecule has 1 aromatic carbocycles. The molecule has 1 aliphatic carbocycles. The van der Waals surface area contributed by atoms with Crippen molar-refractivity contribution in [2.24, 2.45) is 7.05 Å². The second-order valence-corrected chi connectivity index (χ2v) is 8.46. The number of carbonyl (C=O) groups is 2. The van der Waals surface area contributed by atoms with Crippen molar-refractivity contribution in [3.05, 3.63) is 59.4 Å². The third-order valence-electron chi connectivity index (χ3n) is 6.47. The van der Waals surface area contributed by atoms with Crippen LogP contribution < -0.4 is 10.1 Å². The lowest BCUT2D eigenvalue weighted by Gasteiger charge is -2.38. The van der Waals surface area contributed by atoms with Crippen LogP contribution in [0.15, 0.2) is 42.6 Å². The molecule has 2 amide bonds. The number of rotatable bonds is 5. The predicted octanol–water partition coefficient (Wildman–Crippen LogP) is 3.97. The summed E-state index contributed by atoms with van der Waals surface area (Å²) in [5.74, 6) is 0.562. The fourth-order valence-corrected chi connectivity index (χ4v) is 4.81. The second kappa shape index (κ2) is 9.00. The van der Waals surface area contributed by atoms with Crippen LogP contribution in [-0.4, -0.2) is 34.4 Å². The molecule has 1 atom stereocenters. The Kier molecular flexibility index (Phi) is 6.16. The van der Waals surface area contributed by atoms with E-state index in [1.165, 1.54) is 6.42 Å². The molecule has 2 heterocycles. The maximum Gasteiger partial charge on any atom is 0.255 e. The van der Waals surface area contributed by atoms with Crippen LogP contribution in [0.4, 0.5) is 0 Å². The Morgan fingerprint density at radius 2 is 1.87 bits per heavy atom. The van der Waals surface area contributed by atoms with Gasteiger partial charge in [-0.05, 0) is 43.5 Å². The average molecular weight is 422 g/mol. The van der Waals surface area contributed by atoms with Crippen molar-refractivity contribution in [1.29, 1.82) is 0 Å². The van der Waals surface area contributed by atoms with Gasteiger partial charge in [-0.25, -0.2) is 0 Å². The Morgan fingerprint density at radius 1 is 1.16 bits per heavy atom. The number of hydrogen-bond donors (Lipinski definition) is 1. The van der Waals surface area contributed by atoms with Crippen molar-refractivity contribution < 1.29 is 14.3 Å². The number of aryl methyl sites for hydroxylation is 1. The van der Waals surface area contributed by atoms with Crippen LogP contribution >= 0.6 is 0 Å². The van der Waals surface area contributed by atoms with Gasteiger partial charge in [0.25, 0.3) is 5.91 Å². The largest absolute Gasteiger partial charge is 0.497 e. The van der Waals surface area contributed by atoms with Crippen molar-refractivity contribution in [3.63, 3.8) is 0 Å².